The number of nitrogens with two attached hydrogens (primary N) is 1. The molecule has 76 valence electrons. The maximum absolute atomic E-state index is 11.1. The Balaban J connectivity index is 2.59. The molecule has 0 aliphatic rings. The molecule has 2 N–H and O–H groups in total. The van der Waals surface area contributed by atoms with Crippen LogP contribution in [-0.2, 0) is 0 Å². The van der Waals surface area contributed by atoms with Gasteiger partial charge in [-0.15, -0.1) is 0 Å². The number of hydrogen-bond donors (Lipinski definition) is 1. The lowest BCUT2D eigenvalue weighted by molar-refractivity contribution is 0.0992. The van der Waals surface area contributed by atoms with Gasteiger partial charge in [-0.1, -0.05) is 29.4 Å². The summed E-state index contributed by atoms with van der Waals surface area (Å²) in [6.07, 6.45) is 1.43. The number of benzene rings is 1. The van der Waals surface area contributed by atoms with Crippen molar-refractivity contribution in [3.05, 3.63) is 41.8 Å². The van der Waals surface area contributed by atoms with Crippen molar-refractivity contribution in [1.82, 2.24) is 5.16 Å². The lowest BCUT2D eigenvalue weighted by atomic mass is 10.0. The lowest BCUT2D eigenvalue weighted by Crippen LogP contribution is -2.12. The molecule has 0 aliphatic carbocycles. The lowest BCUT2D eigenvalue weighted by Gasteiger charge is -2.02. The summed E-state index contributed by atoms with van der Waals surface area (Å²) < 4.78 is 4.77. The van der Waals surface area contributed by atoms with Crippen LogP contribution in [0.4, 0.5) is 0 Å². The molecular formula is C11H10N2O2. The Hall–Kier alpha value is -2.10. The van der Waals surface area contributed by atoms with Gasteiger partial charge < -0.3 is 10.3 Å². The number of amides is 1. The number of rotatable bonds is 2. The zero-order chi connectivity index (χ0) is 10.8. The van der Waals surface area contributed by atoms with Crippen LogP contribution in [0.25, 0.3) is 11.1 Å². The Morgan fingerprint density at radius 1 is 1.33 bits per heavy atom. The molecule has 0 saturated carbocycles. The maximum Gasteiger partial charge on any atom is 0.271 e. The van der Waals surface area contributed by atoms with Gasteiger partial charge in [-0.3, -0.25) is 4.79 Å². The summed E-state index contributed by atoms with van der Waals surface area (Å²) in [7, 11) is 0. The van der Waals surface area contributed by atoms with Gasteiger partial charge >= 0.3 is 0 Å². The zero-order valence-electron chi connectivity index (χ0n) is 8.23. The van der Waals surface area contributed by atoms with Crippen molar-refractivity contribution in [2.75, 3.05) is 0 Å². The summed E-state index contributed by atoms with van der Waals surface area (Å²) in [6, 6.07) is 7.66. The van der Waals surface area contributed by atoms with E-state index in [1.54, 1.807) is 0 Å². The number of hydrogen-bond acceptors (Lipinski definition) is 3. The molecule has 1 heterocycles. The van der Waals surface area contributed by atoms with E-state index < -0.39 is 5.91 Å². The molecule has 0 unspecified atom stereocenters. The van der Waals surface area contributed by atoms with E-state index in [0.717, 1.165) is 11.1 Å². The van der Waals surface area contributed by atoms with Crippen LogP contribution in [-0.4, -0.2) is 11.1 Å². The summed E-state index contributed by atoms with van der Waals surface area (Å²) in [5.41, 5.74) is 7.95. The van der Waals surface area contributed by atoms with Crippen LogP contribution in [0.3, 0.4) is 0 Å². The van der Waals surface area contributed by atoms with Gasteiger partial charge in [0.25, 0.3) is 5.91 Å². The van der Waals surface area contributed by atoms with Crippen molar-refractivity contribution in [2.45, 2.75) is 6.92 Å². The molecule has 15 heavy (non-hydrogen) atoms. The van der Waals surface area contributed by atoms with E-state index in [1.165, 1.54) is 6.26 Å². The highest BCUT2D eigenvalue weighted by Gasteiger charge is 2.15. The number of aromatic nitrogens is 1. The minimum atomic E-state index is -0.581. The van der Waals surface area contributed by atoms with Crippen LogP contribution in [0.15, 0.2) is 35.1 Å². The van der Waals surface area contributed by atoms with Gasteiger partial charge in [-0.25, -0.2) is 0 Å². The third kappa shape index (κ3) is 1.61. The summed E-state index contributed by atoms with van der Waals surface area (Å²) in [4.78, 5) is 11.1. The summed E-state index contributed by atoms with van der Waals surface area (Å²) in [6.45, 7) is 1.95. The molecule has 1 aromatic carbocycles. The van der Waals surface area contributed by atoms with Gasteiger partial charge in [0.2, 0.25) is 0 Å². The molecule has 1 aromatic heterocycles. The van der Waals surface area contributed by atoms with Crippen molar-refractivity contribution in [3.63, 3.8) is 0 Å². The SMILES string of the molecule is Cc1ccccc1-c1conc1C(N)=O. The Kier molecular flexibility index (Phi) is 2.25. The number of carbonyl (C=O) groups excluding carboxylic acids is 1. The predicted octanol–water partition coefficient (Wildman–Crippen LogP) is 1.75. The average molecular weight is 202 g/mol. The second-order valence-electron chi connectivity index (χ2n) is 3.26. The molecule has 4 nitrogen and oxygen atoms in total. The van der Waals surface area contributed by atoms with Gasteiger partial charge in [0, 0.05) is 0 Å². The van der Waals surface area contributed by atoms with Gasteiger partial charge in [0.05, 0.1) is 5.56 Å². The van der Waals surface area contributed by atoms with E-state index in [9.17, 15) is 4.79 Å². The summed E-state index contributed by atoms with van der Waals surface area (Å²) in [5, 5.41) is 3.58. The minimum absolute atomic E-state index is 0.171. The van der Waals surface area contributed by atoms with Crippen molar-refractivity contribution in [2.24, 2.45) is 5.73 Å². The fourth-order valence-corrected chi connectivity index (χ4v) is 1.48. The smallest absolute Gasteiger partial charge is 0.271 e. The Morgan fingerprint density at radius 3 is 2.73 bits per heavy atom. The number of nitrogens with zero attached hydrogens (tertiary/aromatic N) is 1. The molecule has 0 radical (unpaired) electrons. The highest BCUT2D eigenvalue weighted by molar-refractivity contribution is 5.97. The van der Waals surface area contributed by atoms with Crippen LogP contribution in [0.5, 0.6) is 0 Å². The fourth-order valence-electron chi connectivity index (χ4n) is 1.48. The third-order valence-electron chi connectivity index (χ3n) is 2.24. The molecule has 2 rings (SSSR count). The molecule has 4 heteroatoms. The van der Waals surface area contributed by atoms with Crippen molar-refractivity contribution in [1.29, 1.82) is 0 Å². The molecular weight excluding hydrogens is 192 g/mol. The first-order chi connectivity index (χ1) is 7.20. The molecule has 0 spiro atoms. The van der Waals surface area contributed by atoms with Crippen LogP contribution in [0.2, 0.25) is 0 Å². The molecule has 2 aromatic rings. The summed E-state index contributed by atoms with van der Waals surface area (Å²) >= 11 is 0. The second-order valence-corrected chi connectivity index (χ2v) is 3.26. The first kappa shape index (κ1) is 9.45. The van der Waals surface area contributed by atoms with E-state index in [2.05, 4.69) is 5.16 Å². The van der Waals surface area contributed by atoms with E-state index in [-0.39, 0.29) is 5.69 Å². The van der Waals surface area contributed by atoms with Crippen LogP contribution in [0, 0.1) is 6.92 Å². The van der Waals surface area contributed by atoms with Crippen molar-refractivity contribution >= 4 is 5.91 Å². The maximum atomic E-state index is 11.1. The summed E-state index contributed by atoms with van der Waals surface area (Å²) in [5.74, 6) is -0.581. The molecule has 0 bridgehead atoms. The standard InChI is InChI=1S/C11H10N2O2/c1-7-4-2-3-5-8(7)9-6-15-13-10(9)11(12)14/h2-6H,1H3,(H2,12,14). The highest BCUT2D eigenvalue weighted by atomic mass is 16.5. The molecule has 1 amide bonds. The van der Waals surface area contributed by atoms with Gasteiger partial charge in [-0.05, 0) is 18.1 Å². The van der Waals surface area contributed by atoms with E-state index in [4.69, 9.17) is 10.3 Å². The fraction of sp³-hybridized carbons (Fsp3) is 0.0909. The van der Waals surface area contributed by atoms with Gasteiger partial charge in [0.1, 0.15) is 6.26 Å². The largest absolute Gasteiger partial charge is 0.364 e. The quantitative estimate of drug-likeness (QED) is 0.806. The van der Waals surface area contributed by atoms with E-state index in [0.29, 0.717) is 5.56 Å². The van der Waals surface area contributed by atoms with Crippen LogP contribution < -0.4 is 5.73 Å². The van der Waals surface area contributed by atoms with Crippen LogP contribution in [0.1, 0.15) is 16.1 Å². The van der Waals surface area contributed by atoms with Gasteiger partial charge in [0.15, 0.2) is 5.69 Å². The number of primary amides is 1. The first-order valence-electron chi connectivity index (χ1n) is 4.50. The van der Waals surface area contributed by atoms with E-state index in [1.807, 2.05) is 31.2 Å². The minimum Gasteiger partial charge on any atom is -0.364 e. The predicted molar refractivity (Wildman–Crippen MR) is 55.2 cm³/mol. The normalized spacial score (nSPS) is 10.2. The monoisotopic (exact) mass is 202 g/mol. The Bertz CT molecular complexity index is 503. The molecule has 0 saturated heterocycles. The Morgan fingerprint density at radius 2 is 2.07 bits per heavy atom. The third-order valence-corrected chi connectivity index (χ3v) is 2.24. The molecule has 0 aliphatic heterocycles. The Labute approximate surface area is 86.7 Å². The molecule has 0 fully saturated rings. The number of aryl methyl sites for hydroxylation is 1. The van der Waals surface area contributed by atoms with Gasteiger partial charge in [-0.2, -0.15) is 0 Å². The van der Waals surface area contributed by atoms with E-state index >= 15 is 0 Å². The second kappa shape index (κ2) is 3.57. The highest BCUT2D eigenvalue weighted by Crippen LogP contribution is 2.25. The number of carbonyl (C=O) groups is 1. The topological polar surface area (TPSA) is 69.1 Å². The van der Waals surface area contributed by atoms with Crippen molar-refractivity contribution in [3.8, 4) is 11.1 Å². The molecule has 0 atom stereocenters. The van der Waals surface area contributed by atoms with Crippen LogP contribution >= 0.6 is 0 Å². The average Bonchev–Trinajstić information content (AvgIpc) is 2.67. The van der Waals surface area contributed by atoms with Crippen molar-refractivity contribution < 1.29 is 9.32 Å². The first-order valence-corrected chi connectivity index (χ1v) is 4.50. The zero-order valence-corrected chi connectivity index (χ0v) is 8.23.